The second-order valence-corrected chi connectivity index (χ2v) is 7.85. The van der Waals surface area contributed by atoms with E-state index in [0.29, 0.717) is 25.9 Å². The van der Waals surface area contributed by atoms with E-state index in [1.807, 2.05) is 73.3 Å². The zero-order chi connectivity index (χ0) is 20.8. The summed E-state index contributed by atoms with van der Waals surface area (Å²) in [6.45, 7) is 5.15. The lowest BCUT2D eigenvalue weighted by atomic mass is 10.1. The molecule has 0 aromatic heterocycles. The zero-order valence-corrected chi connectivity index (χ0v) is 17.4. The number of methoxy groups -OCH3 is 1. The minimum absolute atomic E-state index is 0.0262. The van der Waals surface area contributed by atoms with Gasteiger partial charge in [0.2, 0.25) is 11.8 Å². The molecule has 1 N–H and O–H groups in total. The van der Waals surface area contributed by atoms with Crippen LogP contribution in [0.1, 0.15) is 31.4 Å². The number of nitrogens with zero attached hydrogens (tertiary/aromatic N) is 1. The summed E-state index contributed by atoms with van der Waals surface area (Å²) >= 11 is 0. The van der Waals surface area contributed by atoms with Crippen LogP contribution in [-0.2, 0) is 22.6 Å². The predicted molar refractivity (Wildman–Crippen MR) is 113 cm³/mol. The molecule has 1 aliphatic rings. The van der Waals surface area contributed by atoms with Crippen LogP contribution < -0.4 is 10.1 Å². The molecule has 0 bridgehead atoms. The Labute approximate surface area is 173 Å². The van der Waals surface area contributed by atoms with E-state index in [9.17, 15) is 9.59 Å². The molecule has 3 rings (SSSR count). The molecule has 1 fully saturated rings. The third-order valence-electron chi connectivity index (χ3n) is 5.43. The summed E-state index contributed by atoms with van der Waals surface area (Å²) in [6.07, 6.45) is 1.34. The fourth-order valence-corrected chi connectivity index (χ4v) is 3.63. The van der Waals surface area contributed by atoms with Crippen LogP contribution in [0.25, 0.3) is 0 Å². The number of amides is 2. The van der Waals surface area contributed by atoms with Crippen molar-refractivity contribution in [3.05, 3.63) is 65.7 Å². The predicted octanol–water partition coefficient (Wildman–Crippen LogP) is 3.43. The molecule has 2 atom stereocenters. The summed E-state index contributed by atoms with van der Waals surface area (Å²) < 4.78 is 5.35. The molecular weight excluding hydrogens is 364 g/mol. The Morgan fingerprint density at radius 1 is 1.07 bits per heavy atom. The van der Waals surface area contributed by atoms with E-state index in [1.54, 1.807) is 7.11 Å². The van der Waals surface area contributed by atoms with Gasteiger partial charge in [-0.2, -0.15) is 0 Å². The van der Waals surface area contributed by atoms with E-state index in [4.69, 9.17) is 4.74 Å². The highest BCUT2D eigenvalue weighted by molar-refractivity contribution is 5.92. The van der Waals surface area contributed by atoms with E-state index in [2.05, 4.69) is 5.32 Å². The minimum atomic E-state index is -0.211. The molecule has 0 heterocycles. The van der Waals surface area contributed by atoms with Crippen LogP contribution in [0.15, 0.2) is 54.6 Å². The summed E-state index contributed by atoms with van der Waals surface area (Å²) in [7, 11) is 1.65. The Hall–Kier alpha value is -2.82. The van der Waals surface area contributed by atoms with Crippen LogP contribution in [0.2, 0.25) is 0 Å². The summed E-state index contributed by atoms with van der Waals surface area (Å²) in [5.41, 5.74) is 2.17. The molecule has 0 saturated heterocycles. The number of carbonyl (C=O) groups is 2. The lowest BCUT2D eigenvalue weighted by Gasteiger charge is -2.27. The third-order valence-corrected chi connectivity index (χ3v) is 5.43. The topological polar surface area (TPSA) is 58.6 Å². The average molecular weight is 395 g/mol. The first kappa shape index (κ1) is 20.9. The molecular formula is C24H30N2O3. The van der Waals surface area contributed by atoms with Gasteiger partial charge < -0.3 is 15.0 Å². The van der Waals surface area contributed by atoms with Gasteiger partial charge in [0.15, 0.2) is 0 Å². The second-order valence-electron chi connectivity index (χ2n) is 7.85. The molecule has 1 aliphatic carbocycles. The van der Waals surface area contributed by atoms with E-state index < -0.39 is 0 Å². The number of hydrogen-bond acceptors (Lipinski definition) is 3. The van der Waals surface area contributed by atoms with Gasteiger partial charge in [0.25, 0.3) is 0 Å². The van der Waals surface area contributed by atoms with Gasteiger partial charge in [0, 0.05) is 19.1 Å². The van der Waals surface area contributed by atoms with Crippen molar-refractivity contribution in [1.29, 1.82) is 0 Å². The fourth-order valence-electron chi connectivity index (χ4n) is 3.63. The smallest absolute Gasteiger partial charge is 0.227 e. The molecule has 5 nitrogen and oxygen atoms in total. The van der Waals surface area contributed by atoms with Crippen molar-refractivity contribution in [2.24, 2.45) is 11.8 Å². The summed E-state index contributed by atoms with van der Waals surface area (Å²) in [5, 5.41) is 2.98. The molecule has 2 aromatic rings. The van der Waals surface area contributed by atoms with Crippen molar-refractivity contribution in [3.63, 3.8) is 0 Å². The molecule has 2 aromatic carbocycles. The number of carbonyl (C=O) groups excluding carboxylic acids is 2. The SMILES string of the molecule is COc1ccccc1CCNC(=O)C1CC1C(=O)N(Cc1ccccc1)C(C)C. The first-order chi connectivity index (χ1) is 14.0. The van der Waals surface area contributed by atoms with E-state index in [0.717, 1.165) is 16.9 Å². The molecule has 154 valence electrons. The van der Waals surface area contributed by atoms with E-state index >= 15 is 0 Å². The van der Waals surface area contributed by atoms with Gasteiger partial charge in [-0.1, -0.05) is 48.5 Å². The van der Waals surface area contributed by atoms with Crippen molar-refractivity contribution in [1.82, 2.24) is 10.2 Å². The van der Waals surface area contributed by atoms with E-state index in [1.165, 1.54) is 0 Å². The van der Waals surface area contributed by atoms with Gasteiger partial charge in [0.1, 0.15) is 5.75 Å². The zero-order valence-electron chi connectivity index (χ0n) is 17.4. The minimum Gasteiger partial charge on any atom is -0.496 e. The molecule has 2 amide bonds. The number of benzene rings is 2. The largest absolute Gasteiger partial charge is 0.496 e. The molecule has 0 radical (unpaired) electrons. The average Bonchev–Trinajstić information content (AvgIpc) is 3.53. The Morgan fingerprint density at radius 2 is 1.76 bits per heavy atom. The Balaban J connectivity index is 1.50. The first-order valence-electron chi connectivity index (χ1n) is 10.2. The van der Waals surface area contributed by atoms with Crippen molar-refractivity contribution in [2.75, 3.05) is 13.7 Å². The van der Waals surface area contributed by atoms with Gasteiger partial charge in [-0.3, -0.25) is 9.59 Å². The molecule has 5 heteroatoms. The molecule has 0 aliphatic heterocycles. The van der Waals surface area contributed by atoms with Gasteiger partial charge >= 0.3 is 0 Å². The van der Waals surface area contributed by atoms with E-state index in [-0.39, 0.29) is 29.7 Å². The summed E-state index contributed by atoms with van der Waals surface area (Å²) in [5.74, 6) is 0.467. The van der Waals surface area contributed by atoms with Crippen LogP contribution in [0.3, 0.4) is 0 Å². The molecule has 29 heavy (non-hydrogen) atoms. The van der Waals surface area contributed by atoms with Crippen molar-refractivity contribution < 1.29 is 14.3 Å². The number of ether oxygens (including phenoxy) is 1. The van der Waals surface area contributed by atoms with Crippen LogP contribution in [0.5, 0.6) is 5.75 Å². The summed E-state index contributed by atoms with van der Waals surface area (Å²) in [4.78, 5) is 27.4. The van der Waals surface area contributed by atoms with Gasteiger partial charge in [-0.15, -0.1) is 0 Å². The second kappa shape index (κ2) is 9.59. The number of nitrogens with one attached hydrogen (secondary N) is 1. The standard InChI is InChI=1S/C24H30N2O3/c1-17(2)26(16-18-9-5-4-6-10-18)24(28)21-15-20(21)23(27)25-14-13-19-11-7-8-12-22(19)29-3/h4-12,17,20-21H,13-16H2,1-3H3,(H,25,27). The monoisotopic (exact) mass is 394 g/mol. The summed E-state index contributed by atoms with van der Waals surface area (Å²) in [6, 6.07) is 17.9. The van der Waals surface area contributed by atoms with Crippen LogP contribution in [0.4, 0.5) is 0 Å². The molecule has 2 unspecified atom stereocenters. The quantitative estimate of drug-likeness (QED) is 0.709. The maximum Gasteiger partial charge on any atom is 0.227 e. The van der Waals surface area contributed by atoms with Gasteiger partial charge in [0.05, 0.1) is 18.9 Å². The highest BCUT2D eigenvalue weighted by Gasteiger charge is 2.49. The lowest BCUT2D eigenvalue weighted by Crippen LogP contribution is -2.38. The Bertz CT molecular complexity index is 835. The maximum atomic E-state index is 13.0. The highest BCUT2D eigenvalue weighted by atomic mass is 16.5. The third kappa shape index (κ3) is 5.37. The van der Waals surface area contributed by atoms with Crippen LogP contribution >= 0.6 is 0 Å². The normalized spacial score (nSPS) is 17.7. The van der Waals surface area contributed by atoms with Crippen molar-refractivity contribution in [3.8, 4) is 5.75 Å². The molecule has 0 spiro atoms. The van der Waals surface area contributed by atoms with Crippen molar-refractivity contribution >= 4 is 11.8 Å². The highest BCUT2D eigenvalue weighted by Crippen LogP contribution is 2.40. The number of para-hydroxylation sites is 1. The fraction of sp³-hybridized carbons (Fsp3) is 0.417. The number of rotatable bonds is 9. The first-order valence-corrected chi connectivity index (χ1v) is 10.2. The lowest BCUT2D eigenvalue weighted by molar-refractivity contribution is -0.136. The molecule has 1 saturated carbocycles. The van der Waals surface area contributed by atoms with Gasteiger partial charge in [-0.25, -0.2) is 0 Å². The van der Waals surface area contributed by atoms with Crippen LogP contribution in [0, 0.1) is 11.8 Å². The maximum absolute atomic E-state index is 13.0. The Morgan fingerprint density at radius 3 is 2.45 bits per heavy atom. The van der Waals surface area contributed by atoms with Crippen molar-refractivity contribution in [2.45, 2.75) is 39.3 Å². The van der Waals surface area contributed by atoms with Gasteiger partial charge in [-0.05, 0) is 43.9 Å². The number of hydrogen-bond donors (Lipinski definition) is 1. The van der Waals surface area contributed by atoms with Crippen LogP contribution in [-0.4, -0.2) is 36.4 Å². The Kier molecular flexibility index (Phi) is 6.91.